The number of ether oxygens (including phenoxy) is 1. The Labute approximate surface area is 125 Å². The van der Waals surface area contributed by atoms with Crippen LogP contribution in [0.5, 0.6) is 5.75 Å². The molecule has 0 aromatic heterocycles. The monoisotopic (exact) mass is 293 g/mol. The lowest BCUT2D eigenvalue weighted by atomic mass is 9.87. The van der Waals surface area contributed by atoms with Crippen molar-refractivity contribution in [3.05, 3.63) is 29.8 Å². The molecule has 116 valence electrons. The van der Waals surface area contributed by atoms with Gasteiger partial charge < -0.3 is 15.2 Å². The molecule has 0 saturated carbocycles. The van der Waals surface area contributed by atoms with Gasteiger partial charge in [-0.2, -0.15) is 0 Å². The van der Waals surface area contributed by atoms with Crippen molar-refractivity contribution in [3.63, 3.8) is 0 Å². The summed E-state index contributed by atoms with van der Waals surface area (Å²) in [5.41, 5.74) is 0.620. The van der Waals surface area contributed by atoms with Crippen LogP contribution in [-0.2, 0) is 16.0 Å². The van der Waals surface area contributed by atoms with Crippen LogP contribution in [0.25, 0.3) is 0 Å². The molecule has 0 fully saturated rings. The predicted octanol–water partition coefficient (Wildman–Crippen LogP) is 2.24. The van der Waals surface area contributed by atoms with Crippen molar-refractivity contribution < 1.29 is 19.4 Å². The maximum atomic E-state index is 11.8. The molecule has 0 bridgehead atoms. The van der Waals surface area contributed by atoms with Crippen LogP contribution in [0.1, 0.15) is 33.3 Å². The number of aryl methyl sites for hydroxylation is 1. The smallest absolute Gasteiger partial charge is 0.326 e. The van der Waals surface area contributed by atoms with Gasteiger partial charge in [-0.25, -0.2) is 4.79 Å². The van der Waals surface area contributed by atoms with E-state index in [1.54, 1.807) is 32.9 Å². The second-order valence-corrected chi connectivity index (χ2v) is 5.99. The zero-order chi connectivity index (χ0) is 16.0. The summed E-state index contributed by atoms with van der Waals surface area (Å²) in [6.45, 7) is 7.14. The summed E-state index contributed by atoms with van der Waals surface area (Å²) in [6, 6.07) is 6.51. The molecule has 1 rings (SSSR count). The summed E-state index contributed by atoms with van der Waals surface area (Å²) in [6.07, 6.45) is 0.937. The normalized spacial score (nSPS) is 12.6. The largest absolute Gasteiger partial charge is 0.484 e. The minimum atomic E-state index is -1.05. The third-order valence-electron chi connectivity index (χ3n) is 3.12. The summed E-state index contributed by atoms with van der Waals surface area (Å²) >= 11 is 0. The molecule has 1 aromatic carbocycles. The molecule has 0 spiro atoms. The lowest BCUT2D eigenvalue weighted by molar-refractivity contribution is -0.145. The standard InChI is InChI=1S/C16H23NO4/c1-5-11-6-8-12(9-7-11)21-10-13(18)17-14(15(19)20)16(2,3)4/h6-9,14H,5,10H2,1-4H3,(H,17,18)(H,19,20)/t14-/m0/s1. The number of carboxylic acid groups (broad SMARTS) is 1. The van der Waals surface area contributed by atoms with E-state index in [0.29, 0.717) is 5.75 Å². The molecule has 1 atom stereocenters. The van der Waals surface area contributed by atoms with Gasteiger partial charge in [-0.3, -0.25) is 4.79 Å². The molecule has 0 aliphatic rings. The molecule has 5 nitrogen and oxygen atoms in total. The number of nitrogens with one attached hydrogen (secondary N) is 1. The Morgan fingerprint density at radius 3 is 2.24 bits per heavy atom. The van der Waals surface area contributed by atoms with Crippen molar-refractivity contribution in [1.82, 2.24) is 5.32 Å². The average Bonchev–Trinajstić information content (AvgIpc) is 2.41. The highest BCUT2D eigenvalue weighted by Crippen LogP contribution is 2.19. The first kappa shape index (κ1) is 17.0. The van der Waals surface area contributed by atoms with Crippen LogP contribution in [0.4, 0.5) is 0 Å². The number of carboxylic acids is 1. The van der Waals surface area contributed by atoms with Crippen molar-refractivity contribution >= 4 is 11.9 Å². The van der Waals surface area contributed by atoms with E-state index in [4.69, 9.17) is 9.84 Å². The zero-order valence-corrected chi connectivity index (χ0v) is 13.0. The van der Waals surface area contributed by atoms with Crippen molar-refractivity contribution in [1.29, 1.82) is 0 Å². The van der Waals surface area contributed by atoms with E-state index in [0.717, 1.165) is 6.42 Å². The van der Waals surface area contributed by atoms with Crippen molar-refractivity contribution in [2.75, 3.05) is 6.61 Å². The fourth-order valence-corrected chi connectivity index (χ4v) is 1.82. The van der Waals surface area contributed by atoms with E-state index >= 15 is 0 Å². The Balaban J connectivity index is 2.54. The molecule has 5 heteroatoms. The Hall–Kier alpha value is -2.04. The Morgan fingerprint density at radius 1 is 1.24 bits per heavy atom. The molecule has 1 amide bonds. The van der Waals surface area contributed by atoms with E-state index in [9.17, 15) is 9.59 Å². The molecule has 0 radical (unpaired) electrons. The Bertz CT molecular complexity index is 488. The molecule has 0 heterocycles. The molecule has 21 heavy (non-hydrogen) atoms. The van der Waals surface area contributed by atoms with Crippen molar-refractivity contribution in [2.45, 2.75) is 40.2 Å². The van der Waals surface area contributed by atoms with E-state index in [1.807, 2.05) is 12.1 Å². The van der Waals surface area contributed by atoms with Gasteiger partial charge >= 0.3 is 5.97 Å². The fraction of sp³-hybridized carbons (Fsp3) is 0.500. The fourth-order valence-electron chi connectivity index (χ4n) is 1.82. The predicted molar refractivity (Wildman–Crippen MR) is 80.3 cm³/mol. The number of carbonyl (C=O) groups is 2. The minimum absolute atomic E-state index is 0.203. The van der Waals surface area contributed by atoms with E-state index in [2.05, 4.69) is 12.2 Å². The van der Waals surface area contributed by atoms with Crippen LogP contribution < -0.4 is 10.1 Å². The average molecular weight is 293 g/mol. The topological polar surface area (TPSA) is 75.6 Å². The molecule has 0 aliphatic heterocycles. The third-order valence-corrected chi connectivity index (χ3v) is 3.12. The first-order chi connectivity index (χ1) is 9.74. The van der Waals surface area contributed by atoms with Crippen LogP contribution in [-0.4, -0.2) is 29.6 Å². The quantitative estimate of drug-likeness (QED) is 0.843. The molecular formula is C16H23NO4. The van der Waals surface area contributed by atoms with Gasteiger partial charge in [-0.1, -0.05) is 39.8 Å². The van der Waals surface area contributed by atoms with E-state index < -0.39 is 23.3 Å². The first-order valence-corrected chi connectivity index (χ1v) is 6.98. The van der Waals surface area contributed by atoms with Crippen molar-refractivity contribution in [2.24, 2.45) is 5.41 Å². The van der Waals surface area contributed by atoms with E-state index in [-0.39, 0.29) is 6.61 Å². The Kier molecular flexibility index (Phi) is 5.76. The lowest BCUT2D eigenvalue weighted by Crippen LogP contribution is -2.50. The summed E-state index contributed by atoms with van der Waals surface area (Å²) in [5, 5.41) is 11.6. The molecule has 2 N–H and O–H groups in total. The van der Waals surface area contributed by atoms with Gasteiger partial charge in [-0.15, -0.1) is 0 Å². The van der Waals surface area contributed by atoms with Gasteiger partial charge in [0.05, 0.1) is 0 Å². The molecule has 0 aliphatic carbocycles. The van der Waals surface area contributed by atoms with Crippen LogP contribution in [0.15, 0.2) is 24.3 Å². The van der Waals surface area contributed by atoms with Crippen LogP contribution >= 0.6 is 0 Å². The highest BCUT2D eigenvalue weighted by atomic mass is 16.5. The van der Waals surface area contributed by atoms with Gasteiger partial charge in [0.25, 0.3) is 5.91 Å². The molecular weight excluding hydrogens is 270 g/mol. The number of carbonyl (C=O) groups excluding carboxylic acids is 1. The maximum Gasteiger partial charge on any atom is 0.326 e. The number of benzene rings is 1. The summed E-state index contributed by atoms with van der Waals surface area (Å²) in [7, 11) is 0. The highest BCUT2D eigenvalue weighted by Gasteiger charge is 2.32. The third kappa shape index (κ3) is 5.45. The van der Waals surface area contributed by atoms with Gasteiger partial charge in [-0.05, 0) is 29.5 Å². The lowest BCUT2D eigenvalue weighted by Gasteiger charge is -2.27. The SMILES string of the molecule is CCc1ccc(OCC(=O)N[C@@H](C(=O)O)C(C)(C)C)cc1. The summed E-state index contributed by atoms with van der Waals surface area (Å²) < 4.78 is 5.36. The highest BCUT2D eigenvalue weighted by molar-refractivity contribution is 5.84. The van der Waals surface area contributed by atoms with Crippen LogP contribution in [0.3, 0.4) is 0 Å². The Morgan fingerprint density at radius 2 is 1.81 bits per heavy atom. The van der Waals surface area contributed by atoms with Crippen molar-refractivity contribution in [3.8, 4) is 5.75 Å². The summed E-state index contributed by atoms with van der Waals surface area (Å²) in [4.78, 5) is 23.0. The van der Waals surface area contributed by atoms with Gasteiger partial charge in [0.1, 0.15) is 11.8 Å². The van der Waals surface area contributed by atoms with Gasteiger partial charge in [0, 0.05) is 0 Å². The first-order valence-electron chi connectivity index (χ1n) is 6.98. The second-order valence-electron chi connectivity index (χ2n) is 5.99. The minimum Gasteiger partial charge on any atom is -0.484 e. The number of aliphatic carboxylic acids is 1. The molecule has 1 aromatic rings. The number of hydrogen-bond donors (Lipinski definition) is 2. The number of rotatable bonds is 6. The van der Waals surface area contributed by atoms with Crippen LogP contribution in [0, 0.1) is 5.41 Å². The van der Waals surface area contributed by atoms with Gasteiger partial charge in [0.2, 0.25) is 0 Å². The maximum absolute atomic E-state index is 11.8. The molecule has 0 unspecified atom stereocenters. The number of amides is 1. The molecule has 0 saturated heterocycles. The second kappa shape index (κ2) is 7.11. The van der Waals surface area contributed by atoms with Gasteiger partial charge in [0.15, 0.2) is 6.61 Å². The van der Waals surface area contributed by atoms with Crippen LogP contribution in [0.2, 0.25) is 0 Å². The zero-order valence-electron chi connectivity index (χ0n) is 13.0. The number of hydrogen-bond acceptors (Lipinski definition) is 3. The van der Waals surface area contributed by atoms with E-state index in [1.165, 1.54) is 5.56 Å². The summed E-state index contributed by atoms with van der Waals surface area (Å²) in [5.74, 6) is -0.912.